The van der Waals surface area contributed by atoms with Crippen LogP contribution in [0.1, 0.15) is 22.8 Å². The highest BCUT2D eigenvalue weighted by Gasteiger charge is 2.40. The molecule has 0 unspecified atom stereocenters. The van der Waals surface area contributed by atoms with Gasteiger partial charge in [-0.3, -0.25) is 0 Å². The Hall–Kier alpha value is -2.25. The Morgan fingerprint density at radius 3 is 2.12 bits per heavy atom. The molecule has 0 saturated carbocycles. The van der Waals surface area contributed by atoms with Gasteiger partial charge in [-0.05, 0) is 35.4 Å². The zero-order valence-corrected chi connectivity index (χ0v) is 14.4. The van der Waals surface area contributed by atoms with Crippen molar-refractivity contribution in [2.45, 2.75) is 25.0 Å². The third kappa shape index (κ3) is 4.47. The highest BCUT2D eigenvalue weighted by atomic mass is 19.4. The molecule has 1 fully saturated rings. The van der Waals surface area contributed by atoms with Crippen LogP contribution >= 0.6 is 0 Å². The van der Waals surface area contributed by atoms with Gasteiger partial charge in [0.1, 0.15) is 23.7 Å². The number of rotatable bonds is 7. The van der Waals surface area contributed by atoms with Crippen LogP contribution in [0.5, 0.6) is 11.5 Å². The Bertz CT molecular complexity index is 721. The van der Waals surface area contributed by atoms with Crippen LogP contribution in [0.25, 0.3) is 0 Å². The van der Waals surface area contributed by atoms with Gasteiger partial charge in [0.15, 0.2) is 0 Å². The predicted molar refractivity (Wildman–Crippen MR) is 88.3 cm³/mol. The van der Waals surface area contributed by atoms with E-state index in [4.69, 9.17) is 18.9 Å². The van der Waals surface area contributed by atoms with E-state index in [1.165, 1.54) is 12.1 Å². The Morgan fingerprint density at radius 1 is 0.962 bits per heavy atom. The molecular weight excluding hydrogens is 349 g/mol. The predicted octanol–water partition coefficient (Wildman–Crippen LogP) is 4.38. The van der Waals surface area contributed by atoms with Crippen molar-refractivity contribution >= 4 is 0 Å². The lowest BCUT2D eigenvalue weighted by molar-refractivity contribution is -0.137. The summed E-state index contributed by atoms with van der Waals surface area (Å²) in [5, 5.41) is 0. The minimum Gasteiger partial charge on any atom is -0.497 e. The summed E-state index contributed by atoms with van der Waals surface area (Å²) in [7, 11) is 3.15. The quantitative estimate of drug-likeness (QED) is 0.680. The lowest BCUT2D eigenvalue weighted by Crippen LogP contribution is -2.05. The minimum absolute atomic E-state index is 0.153. The van der Waals surface area contributed by atoms with Gasteiger partial charge in [0, 0.05) is 6.07 Å². The van der Waals surface area contributed by atoms with Crippen molar-refractivity contribution in [3.63, 3.8) is 0 Å². The fourth-order valence-corrected chi connectivity index (χ4v) is 2.67. The molecule has 3 rings (SSSR count). The van der Waals surface area contributed by atoms with Crippen molar-refractivity contribution in [3.05, 3.63) is 59.2 Å². The van der Waals surface area contributed by atoms with E-state index in [-0.39, 0.29) is 12.2 Å². The van der Waals surface area contributed by atoms with Crippen LogP contribution in [0.2, 0.25) is 0 Å². The van der Waals surface area contributed by atoms with E-state index >= 15 is 0 Å². The third-order valence-electron chi connectivity index (χ3n) is 4.11. The van der Waals surface area contributed by atoms with Crippen LogP contribution in [-0.2, 0) is 22.3 Å². The lowest BCUT2D eigenvalue weighted by atomic mass is 10.1. The van der Waals surface area contributed by atoms with Crippen LogP contribution in [0, 0.1) is 0 Å². The van der Waals surface area contributed by atoms with E-state index in [0.717, 1.165) is 23.3 Å². The normalized spacial score (nSPS) is 19.3. The molecule has 0 spiro atoms. The van der Waals surface area contributed by atoms with Gasteiger partial charge in [-0.1, -0.05) is 12.1 Å². The van der Waals surface area contributed by atoms with Crippen molar-refractivity contribution < 1.29 is 32.1 Å². The molecule has 1 saturated heterocycles. The summed E-state index contributed by atoms with van der Waals surface area (Å²) in [6, 6.07) is 10.5. The minimum atomic E-state index is -4.33. The van der Waals surface area contributed by atoms with Gasteiger partial charge < -0.3 is 18.9 Å². The highest BCUT2D eigenvalue weighted by molar-refractivity contribution is 5.38. The summed E-state index contributed by atoms with van der Waals surface area (Å²) < 4.78 is 59.3. The summed E-state index contributed by atoms with van der Waals surface area (Å²) in [6.07, 6.45) is -4.71. The molecule has 2 atom stereocenters. The third-order valence-corrected chi connectivity index (χ3v) is 4.11. The van der Waals surface area contributed by atoms with E-state index in [0.29, 0.717) is 24.7 Å². The first-order chi connectivity index (χ1) is 12.4. The molecule has 0 aromatic heterocycles. The van der Waals surface area contributed by atoms with Gasteiger partial charge in [0.05, 0.1) is 33.0 Å². The van der Waals surface area contributed by atoms with Crippen LogP contribution in [0.15, 0.2) is 42.5 Å². The zero-order chi connectivity index (χ0) is 18.7. The molecule has 0 amide bonds. The first-order valence-electron chi connectivity index (χ1n) is 8.03. The van der Waals surface area contributed by atoms with Crippen molar-refractivity contribution in [3.8, 4) is 11.5 Å². The van der Waals surface area contributed by atoms with Crippen LogP contribution < -0.4 is 9.47 Å². The smallest absolute Gasteiger partial charge is 0.416 e. The van der Waals surface area contributed by atoms with Crippen LogP contribution in [-0.4, -0.2) is 26.9 Å². The number of alkyl halides is 3. The van der Waals surface area contributed by atoms with E-state index in [9.17, 15) is 13.2 Å². The second kappa shape index (κ2) is 7.55. The maximum Gasteiger partial charge on any atom is 0.416 e. The Morgan fingerprint density at radius 2 is 1.58 bits per heavy atom. The molecule has 2 aromatic carbocycles. The zero-order valence-electron chi connectivity index (χ0n) is 14.4. The number of epoxide rings is 1. The second-order valence-electron chi connectivity index (χ2n) is 5.95. The van der Waals surface area contributed by atoms with Crippen molar-refractivity contribution in [2.75, 3.05) is 20.8 Å². The summed E-state index contributed by atoms with van der Waals surface area (Å²) >= 11 is 0. The van der Waals surface area contributed by atoms with Gasteiger partial charge in [-0.15, -0.1) is 0 Å². The molecule has 2 aromatic rings. The molecule has 0 aliphatic carbocycles. The maximum absolute atomic E-state index is 12.6. The van der Waals surface area contributed by atoms with E-state index in [1.54, 1.807) is 20.3 Å². The fourth-order valence-electron chi connectivity index (χ4n) is 2.67. The Labute approximate surface area is 149 Å². The molecule has 1 heterocycles. The van der Waals surface area contributed by atoms with Gasteiger partial charge in [-0.25, -0.2) is 0 Å². The maximum atomic E-state index is 12.6. The van der Waals surface area contributed by atoms with Crippen LogP contribution in [0.3, 0.4) is 0 Å². The molecule has 0 radical (unpaired) electrons. The standard InChI is InChI=1S/C19H19F3O4/c1-23-15-7-12(8-16(9-15)24-2)10-25-11-17-18(26-17)13-3-5-14(6-4-13)19(20,21)22/h3-9,17-18H,10-11H2,1-2H3/t17-,18+/m0/s1. The topological polar surface area (TPSA) is 40.2 Å². The highest BCUT2D eigenvalue weighted by Crippen LogP contribution is 2.40. The van der Waals surface area contributed by atoms with E-state index in [1.807, 2.05) is 12.1 Å². The van der Waals surface area contributed by atoms with Gasteiger partial charge in [-0.2, -0.15) is 13.2 Å². The van der Waals surface area contributed by atoms with E-state index in [2.05, 4.69) is 0 Å². The van der Waals surface area contributed by atoms with Gasteiger partial charge in [0.25, 0.3) is 0 Å². The summed E-state index contributed by atoms with van der Waals surface area (Å²) in [5.41, 5.74) is 0.948. The Kier molecular flexibility index (Phi) is 5.38. The fraction of sp³-hybridized carbons (Fsp3) is 0.368. The van der Waals surface area contributed by atoms with Crippen molar-refractivity contribution in [2.24, 2.45) is 0 Å². The first-order valence-corrected chi connectivity index (χ1v) is 8.03. The Balaban J connectivity index is 1.50. The molecule has 0 N–H and O–H groups in total. The number of benzene rings is 2. The monoisotopic (exact) mass is 368 g/mol. The molecule has 1 aliphatic rings. The summed E-state index contributed by atoms with van der Waals surface area (Å²) in [6.45, 7) is 0.707. The molecule has 26 heavy (non-hydrogen) atoms. The number of halogens is 3. The van der Waals surface area contributed by atoms with E-state index < -0.39 is 11.7 Å². The molecule has 1 aliphatic heterocycles. The molecule has 140 valence electrons. The SMILES string of the molecule is COc1cc(COC[C@@H]2O[C@@H]2c2ccc(C(F)(F)F)cc2)cc(OC)c1. The van der Waals surface area contributed by atoms with Crippen molar-refractivity contribution in [1.82, 2.24) is 0 Å². The molecular formula is C19H19F3O4. The van der Waals surface area contributed by atoms with Crippen molar-refractivity contribution in [1.29, 1.82) is 0 Å². The molecule has 7 heteroatoms. The van der Waals surface area contributed by atoms with Gasteiger partial charge in [0.2, 0.25) is 0 Å². The largest absolute Gasteiger partial charge is 0.497 e. The number of hydrogen-bond acceptors (Lipinski definition) is 4. The second-order valence-corrected chi connectivity index (χ2v) is 5.95. The first kappa shape index (κ1) is 18.5. The summed E-state index contributed by atoms with van der Waals surface area (Å²) in [5.74, 6) is 1.35. The number of methoxy groups -OCH3 is 2. The lowest BCUT2D eigenvalue weighted by Gasteiger charge is -2.08. The van der Waals surface area contributed by atoms with Gasteiger partial charge >= 0.3 is 6.18 Å². The molecule has 4 nitrogen and oxygen atoms in total. The summed E-state index contributed by atoms with van der Waals surface area (Å²) in [4.78, 5) is 0. The number of hydrogen-bond donors (Lipinski definition) is 0. The molecule has 0 bridgehead atoms. The average molecular weight is 368 g/mol. The number of ether oxygens (including phenoxy) is 4. The average Bonchev–Trinajstić information content (AvgIpc) is 3.40. The van der Waals surface area contributed by atoms with Crippen LogP contribution in [0.4, 0.5) is 13.2 Å².